The molecular formula is C25H22ClF4N7O2. The molecule has 39 heavy (non-hydrogen) atoms. The van der Waals surface area contributed by atoms with Crippen LogP contribution in [-0.4, -0.2) is 48.5 Å². The molecule has 1 aliphatic heterocycles. The summed E-state index contributed by atoms with van der Waals surface area (Å²) in [6.45, 7) is 2.47. The second-order valence-electron chi connectivity index (χ2n) is 9.82. The lowest BCUT2D eigenvalue weighted by Gasteiger charge is -2.36. The van der Waals surface area contributed by atoms with Gasteiger partial charge in [-0.25, -0.2) is 19.3 Å². The second kappa shape index (κ2) is 9.26. The molecule has 4 heterocycles. The van der Waals surface area contributed by atoms with Crippen LogP contribution >= 0.6 is 11.6 Å². The monoisotopic (exact) mass is 563 g/mol. The zero-order valence-corrected chi connectivity index (χ0v) is 21.5. The van der Waals surface area contributed by atoms with E-state index in [-0.39, 0.29) is 40.4 Å². The van der Waals surface area contributed by atoms with E-state index in [9.17, 15) is 18.0 Å². The average Bonchev–Trinajstić information content (AvgIpc) is 3.61. The van der Waals surface area contributed by atoms with Crippen molar-refractivity contribution in [3.63, 3.8) is 0 Å². The molecule has 1 saturated heterocycles. The molecule has 0 amide bonds. The molecule has 6 rings (SSSR count). The van der Waals surface area contributed by atoms with Gasteiger partial charge in [-0.15, -0.1) is 0 Å². The van der Waals surface area contributed by atoms with E-state index in [1.165, 1.54) is 12.1 Å². The number of fused-ring (bicyclic) bond motifs is 1. The third-order valence-electron chi connectivity index (χ3n) is 6.81. The first-order chi connectivity index (χ1) is 18.5. The van der Waals surface area contributed by atoms with E-state index in [4.69, 9.17) is 16.3 Å². The molecular weight excluding hydrogens is 542 g/mol. The highest BCUT2D eigenvalue weighted by molar-refractivity contribution is 6.30. The molecule has 1 aliphatic carbocycles. The third kappa shape index (κ3) is 4.73. The van der Waals surface area contributed by atoms with Crippen LogP contribution in [0.15, 0.2) is 35.4 Å². The SMILES string of the molecule is C[C@H]1CN(c2nc(-c3ccc(Cl)cc3F)c3nc(C(F)(F)F)n(C)c(=O)c3n2)C[C@H](c2cnn(C3CC3)c2)O1. The minimum atomic E-state index is -4.94. The Morgan fingerprint density at radius 1 is 1.10 bits per heavy atom. The lowest BCUT2D eigenvalue weighted by molar-refractivity contribution is -0.147. The fourth-order valence-electron chi connectivity index (χ4n) is 4.75. The quantitative estimate of drug-likeness (QED) is 0.332. The number of hydrogen-bond acceptors (Lipinski definition) is 7. The molecule has 204 valence electrons. The Hall–Kier alpha value is -3.58. The van der Waals surface area contributed by atoms with Crippen LogP contribution in [0, 0.1) is 5.82 Å². The van der Waals surface area contributed by atoms with Gasteiger partial charge in [-0.3, -0.25) is 14.0 Å². The molecule has 9 nitrogen and oxygen atoms in total. The maximum absolute atomic E-state index is 15.0. The van der Waals surface area contributed by atoms with Crippen LogP contribution in [0.5, 0.6) is 0 Å². The Morgan fingerprint density at radius 2 is 1.87 bits per heavy atom. The van der Waals surface area contributed by atoms with Gasteiger partial charge in [-0.1, -0.05) is 11.6 Å². The summed E-state index contributed by atoms with van der Waals surface area (Å²) in [4.78, 5) is 27.4. The molecule has 1 saturated carbocycles. The van der Waals surface area contributed by atoms with Gasteiger partial charge in [0.2, 0.25) is 11.8 Å². The van der Waals surface area contributed by atoms with Crippen molar-refractivity contribution < 1.29 is 22.3 Å². The zero-order chi connectivity index (χ0) is 27.6. The molecule has 2 fully saturated rings. The average molecular weight is 564 g/mol. The molecule has 3 aromatic heterocycles. The van der Waals surface area contributed by atoms with E-state index in [1.807, 2.05) is 17.8 Å². The highest BCUT2D eigenvalue weighted by atomic mass is 35.5. The molecule has 0 radical (unpaired) electrons. The number of anilines is 1. The van der Waals surface area contributed by atoms with E-state index in [0.717, 1.165) is 31.5 Å². The van der Waals surface area contributed by atoms with Gasteiger partial charge in [0, 0.05) is 35.9 Å². The summed E-state index contributed by atoms with van der Waals surface area (Å²) in [5.41, 5.74) is -1.41. The van der Waals surface area contributed by atoms with E-state index in [2.05, 4.69) is 20.1 Å². The fraction of sp³-hybridized carbons (Fsp3) is 0.400. The van der Waals surface area contributed by atoms with Crippen LogP contribution in [0.3, 0.4) is 0 Å². The van der Waals surface area contributed by atoms with Gasteiger partial charge < -0.3 is 9.64 Å². The van der Waals surface area contributed by atoms with Crippen molar-refractivity contribution in [2.75, 3.05) is 18.0 Å². The van der Waals surface area contributed by atoms with Crippen molar-refractivity contribution in [2.24, 2.45) is 7.05 Å². The van der Waals surface area contributed by atoms with Gasteiger partial charge in [0.15, 0.2) is 5.52 Å². The van der Waals surface area contributed by atoms with Crippen LogP contribution in [0.4, 0.5) is 23.5 Å². The van der Waals surface area contributed by atoms with Gasteiger partial charge in [-0.05, 0) is 38.0 Å². The van der Waals surface area contributed by atoms with Gasteiger partial charge in [-0.2, -0.15) is 18.3 Å². The molecule has 0 bridgehead atoms. The predicted molar refractivity (Wildman–Crippen MR) is 134 cm³/mol. The van der Waals surface area contributed by atoms with E-state index < -0.39 is 35.0 Å². The Balaban J connectivity index is 1.50. The largest absolute Gasteiger partial charge is 0.449 e. The van der Waals surface area contributed by atoms with Gasteiger partial charge >= 0.3 is 6.18 Å². The van der Waals surface area contributed by atoms with E-state index in [0.29, 0.717) is 17.2 Å². The minimum Gasteiger partial charge on any atom is -0.367 e. The number of aromatic nitrogens is 6. The topological polar surface area (TPSA) is 91.0 Å². The molecule has 4 aromatic rings. The summed E-state index contributed by atoms with van der Waals surface area (Å²) in [6.07, 6.45) is 0.210. The number of morpholine rings is 1. The maximum Gasteiger partial charge on any atom is 0.449 e. The second-order valence-corrected chi connectivity index (χ2v) is 10.3. The van der Waals surface area contributed by atoms with Gasteiger partial charge in [0.1, 0.15) is 23.1 Å². The number of hydrogen-bond donors (Lipinski definition) is 0. The van der Waals surface area contributed by atoms with Crippen molar-refractivity contribution in [3.8, 4) is 11.3 Å². The molecule has 0 unspecified atom stereocenters. The van der Waals surface area contributed by atoms with Crippen LogP contribution in [0.1, 0.15) is 43.3 Å². The lowest BCUT2D eigenvalue weighted by atomic mass is 10.1. The predicted octanol–water partition coefficient (Wildman–Crippen LogP) is 4.70. The third-order valence-corrected chi connectivity index (χ3v) is 7.05. The van der Waals surface area contributed by atoms with Crippen LogP contribution in [0.25, 0.3) is 22.3 Å². The Morgan fingerprint density at radius 3 is 2.56 bits per heavy atom. The molecule has 0 N–H and O–H groups in total. The number of ether oxygens (including phenoxy) is 1. The Kier molecular flexibility index (Phi) is 6.10. The fourth-order valence-corrected chi connectivity index (χ4v) is 4.91. The summed E-state index contributed by atoms with van der Waals surface area (Å²) in [5, 5.41) is 4.52. The first kappa shape index (κ1) is 25.7. The van der Waals surface area contributed by atoms with Gasteiger partial charge in [0.05, 0.1) is 24.9 Å². The molecule has 1 aromatic carbocycles. The number of benzene rings is 1. The summed E-state index contributed by atoms with van der Waals surface area (Å²) in [5.74, 6) is -2.23. The van der Waals surface area contributed by atoms with Crippen LogP contribution in [-0.2, 0) is 18.0 Å². The van der Waals surface area contributed by atoms with Crippen molar-refractivity contribution in [2.45, 2.75) is 44.2 Å². The summed E-state index contributed by atoms with van der Waals surface area (Å²) in [7, 11) is 0.965. The Labute approximate surface area is 224 Å². The van der Waals surface area contributed by atoms with E-state index >= 15 is 4.39 Å². The van der Waals surface area contributed by atoms with Crippen molar-refractivity contribution >= 4 is 28.6 Å². The molecule has 2 atom stereocenters. The van der Waals surface area contributed by atoms with Gasteiger partial charge in [0.25, 0.3) is 5.56 Å². The first-order valence-corrected chi connectivity index (χ1v) is 12.6. The molecule has 14 heteroatoms. The molecule has 0 spiro atoms. The first-order valence-electron chi connectivity index (χ1n) is 12.3. The van der Waals surface area contributed by atoms with Crippen LogP contribution < -0.4 is 10.5 Å². The number of rotatable bonds is 4. The number of alkyl halides is 3. The normalized spacial score (nSPS) is 20.1. The lowest BCUT2D eigenvalue weighted by Crippen LogP contribution is -2.44. The number of halogens is 5. The van der Waals surface area contributed by atoms with Crippen molar-refractivity contribution in [3.05, 3.63) is 63.2 Å². The van der Waals surface area contributed by atoms with Crippen LogP contribution in [0.2, 0.25) is 5.02 Å². The standard InChI is InChI=1S/C25H22ClF4N7O2/c1-12-9-36(11-18(39-12)13-8-31-37(10-13)15-4-5-15)24-33-19(16-6-3-14(26)7-17(16)27)20-21(34-24)22(38)35(2)23(32-20)25(28,29)30/h3,6-8,10,12,15,18H,4-5,9,11H2,1-2H3/t12-,18+/m0/s1. The van der Waals surface area contributed by atoms with Crippen molar-refractivity contribution in [1.29, 1.82) is 0 Å². The summed E-state index contributed by atoms with van der Waals surface area (Å²) < 4.78 is 64.6. The molecule has 2 aliphatic rings. The number of nitrogens with zero attached hydrogens (tertiary/aromatic N) is 7. The summed E-state index contributed by atoms with van der Waals surface area (Å²) in [6, 6.07) is 4.07. The highest BCUT2D eigenvalue weighted by Crippen LogP contribution is 2.37. The Bertz CT molecular complexity index is 1650. The minimum absolute atomic E-state index is 0.0419. The van der Waals surface area contributed by atoms with E-state index in [1.54, 1.807) is 11.1 Å². The summed E-state index contributed by atoms with van der Waals surface area (Å²) >= 11 is 5.90. The van der Waals surface area contributed by atoms with Crippen molar-refractivity contribution in [1.82, 2.24) is 29.3 Å². The zero-order valence-electron chi connectivity index (χ0n) is 20.8. The highest BCUT2D eigenvalue weighted by Gasteiger charge is 2.38. The maximum atomic E-state index is 15.0. The smallest absolute Gasteiger partial charge is 0.367 e.